The third-order valence-electron chi connectivity index (χ3n) is 2.65. The fourth-order valence-corrected chi connectivity index (χ4v) is 2.61. The Bertz CT molecular complexity index is 744. The summed E-state index contributed by atoms with van der Waals surface area (Å²) in [5, 5.41) is 22.3. The highest BCUT2D eigenvalue weighted by molar-refractivity contribution is 6.84. The zero-order valence-electron chi connectivity index (χ0n) is 14.7. The van der Waals surface area contributed by atoms with Gasteiger partial charge in [-0.1, -0.05) is 51.1 Å². The van der Waals surface area contributed by atoms with E-state index in [1.54, 1.807) is 0 Å². The molecule has 6 nitrogen and oxygen atoms in total. The SMILES string of the molecule is C[Si](C)(C)C#Cc1cc([N+](=O)[O-])c([N+](=O)[O-])cc1C#C[Si](C)(C)C. The second-order valence-electron chi connectivity index (χ2n) is 7.40. The van der Waals surface area contributed by atoms with Crippen LogP contribution in [0.2, 0.25) is 39.3 Å². The highest BCUT2D eigenvalue weighted by Gasteiger charge is 2.26. The number of hydrogen-bond donors (Lipinski definition) is 0. The molecule has 0 saturated carbocycles. The summed E-state index contributed by atoms with van der Waals surface area (Å²) in [6.45, 7) is 12.3. The van der Waals surface area contributed by atoms with Gasteiger partial charge in [-0.3, -0.25) is 20.2 Å². The standard InChI is InChI=1S/C16H20N2O4Si2/c1-23(2,3)9-7-13-11-15(17(19)20)16(18(21)22)12-14(13)8-10-24(4,5)6/h11-12H,1-6H3. The predicted octanol–water partition coefficient (Wildman–Crippen LogP) is 3.96. The van der Waals surface area contributed by atoms with Gasteiger partial charge in [0.05, 0.1) is 9.85 Å². The van der Waals surface area contributed by atoms with Crippen molar-refractivity contribution in [3.63, 3.8) is 0 Å². The lowest BCUT2D eigenvalue weighted by molar-refractivity contribution is -0.422. The van der Waals surface area contributed by atoms with E-state index in [2.05, 4.69) is 22.9 Å². The number of nitrogens with zero attached hydrogens (tertiary/aromatic N) is 2. The molecule has 1 aromatic carbocycles. The molecule has 0 saturated heterocycles. The second-order valence-corrected chi connectivity index (χ2v) is 16.9. The van der Waals surface area contributed by atoms with Crippen molar-refractivity contribution in [3.8, 4) is 22.9 Å². The Hall–Kier alpha value is -2.43. The maximum atomic E-state index is 11.1. The van der Waals surface area contributed by atoms with Crippen LogP contribution in [0.25, 0.3) is 0 Å². The van der Waals surface area contributed by atoms with E-state index in [-0.39, 0.29) is 0 Å². The van der Waals surface area contributed by atoms with E-state index in [9.17, 15) is 20.2 Å². The van der Waals surface area contributed by atoms with Crippen molar-refractivity contribution in [2.24, 2.45) is 0 Å². The molecule has 0 aliphatic carbocycles. The summed E-state index contributed by atoms with van der Waals surface area (Å²) < 4.78 is 0. The van der Waals surface area contributed by atoms with Crippen molar-refractivity contribution in [2.45, 2.75) is 39.3 Å². The Morgan fingerprint density at radius 1 is 0.750 bits per heavy atom. The lowest BCUT2D eigenvalue weighted by Gasteiger charge is -2.06. The van der Waals surface area contributed by atoms with Gasteiger partial charge in [-0.15, -0.1) is 11.1 Å². The van der Waals surface area contributed by atoms with Crippen LogP contribution >= 0.6 is 0 Å². The van der Waals surface area contributed by atoms with Crippen LogP contribution in [-0.2, 0) is 0 Å². The zero-order chi connectivity index (χ0) is 18.7. The van der Waals surface area contributed by atoms with Gasteiger partial charge in [0, 0.05) is 23.3 Å². The fourth-order valence-electron chi connectivity index (χ4n) is 1.59. The monoisotopic (exact) mass is 360 g/mol. The van der Waals surface area contributed by atoms with Crippen LogP contribution in [0.4, 0.5) is 11.4 Å². The zero-order valence-corrected chi connectivity index (χ0v) is 16.7. The Kier molecular flexibility index (Phi) is 5.72. The molecule has 1 aromatic rings. The van der Waals surface area contributed by atoms with Gasteiger partial charge in [0.25, 0.3) is 0 Å². The van der Waals surface area contributed by atoms with E-state index in [1.165, 1.54) is 12.1 Å². The van der Waals surface area contributed by atoms with Gasteiger partial charge < -0.3 is 0 Å². The number of rotatable bonds is 2. The van der Waals surface area contributed by atoms with Crippen molar-refractivity contribution in [3.05, 3.63) is 43.5 Å². The van der Waals surface area contributed by atoms with Crippen LogP contribution in [0.15, 0.2) is 12.1 Å². The Balaban J connectivity index is 3.71. The number of nitro groups is 2. The van der Waals surface area contributed by atoms with Crippen LogP contribution in [0.3, 0.4) is 0 Å². The Morgan fingerprint density at radius 2 is 1.04 bits per heavy atom. The summed E-state index contributed by atoms with van der Waals surface area (Å²) in [4.78, 5) is 20.8. The van der Waals surface area contributed by atoms with E-state index in [0.717, 1.165) is 0 Å². The topological polar surface area (TPSA) is 86.3 Å². The summed E-state index contributed by atoms with van der Waals surface area (Å²) in [6.07, 6.45) is 0. The first-order valence-electron chi connectivity index (χ1n) is 7.33. The molecular formula is C16H20N2O4Si2. The van der Waals surface area contributed by atoms with Crippen molar-refractivity contribution >= 4 is 27.5 Å². The Labute approximate surface area is 143 Å². The number of nitro benzene ring substituents is 2. The highest BCUT2D eigenvalue weighted by atomic mass is 28.3. The molecule has 0 amide bonds. The third-order valence-corrected chi connectivity index (χ3v) is 4.40. The molecule has 126 valence electrons. The minimum atomic E-state index is -1.71. The minimum Gasteiger partial charge on any atom is -0.258 e. The first-order valence-corrected chi connectivity index (χ1v) is 14.3. The van der Waals surface area contributed by atoms with Gasteiger partial charge >= 0.3 is 11.4 Å². The van der Waals surface area contributed by atoms with Crippen LogP contribution in [0.5, 0.6) is 0 Å². The van der Waals surface area contributed by atoms with Crippen molar-refractivity contribution in [2.75, 3.05) is 0 Å². The quantitative estimate of drug-likeness (QED) is 0.346. The molecular weight excluding hydrogens is 340 g/mol. The summed E-state index contributed by atoms with van der Waals surface area (Å²) in [5.41, 5.74) is 5.90. The molecule has 0 aliphatic heterocycles. The van der Waals surface area contributed by atoms with Gasteiger partial charge in [-0.2, -0.15) is 0 Å². The summed E-state index contributed by atoms with van der Waals surface area (Å²) >= 11 is 0. The fraction of sp³-hybridized carbons (Fsp3) is 0.375. The lowest BCUT2D eigenvalue weighted by Crippen LogP contribution is -2.17. The van der Waals surface area contributed by atoms with Crippen LogP contribution in [-0.4, -0.2) is 26.0 Å². The molecule has 0 N–H and O–H groups in total. The molecule has 0 unspecified atom stereocenters. The van der Waals surface area contributed by atoms with Gasteiger partial charge in [0.15, 0.2) is 0 Å². The molecule has 24 heavy (non-hydrogen) atoms. The third kappa shape index (κ3) is 5.99. The molecule has 8 heteroatoms. The Morgan fingerprint density at radius 3 is 1.25 bits per heavy atom. The van der Waals surface area contributed by atoms with E-state index in [0.29, 0.717) is 11.1 Å². The second kappa shape index (κ2) is 6.99. The van der Waals surface area contributed by atoms with Gasteiger partial charge in [0.2, 0.25) is 0 Å². The van der Waals surface area contributed by atoms with Crippen LogP contribution in [0.1, 0.15) is 11.1 Å². The summed E-state index contributed by atoms with van der Waals surface area (Å²) in [6, 6.07) is 2.33. The highest BCUT2D eigenvalue weighted by Crippen LogP contribution is 2.30. The number of hydrogen-bond acceptors (Lipinski definition) is 4. The average molecular weight is 361 g/mol. The molecule has 0 fully saturated rings. The largest absolute Gasteiger partial charge is 0.347 e. The summed E-state index contributed by atoms with van der Waals surface area (Å²) in [5.74, 6) is 5.90. The molecule has 0 aliphatic rings. The van der Waals surface area contributed by atoms with Crippen LogP contribution < -0.4 is 0 Å². The molecule has 0 aromatic heterocycles. The molecule has 0 atom stereocenters. The predicted molar refractivity (Wildman–Crippen MR) is 100 cm³/mol. The maximum Gasteiger partial charge on any atom is 0.347 e. The average Bonchev–Trinajstić information content (AvgIpc) is 2.40. The molecule has 0 heterocycles. The lowest BCUT2D eigenvalue weighted by atomic mass is 10.1. The van der Waals surface area contributed by atoms with Gasteiger partial charge in [0.1, 0.15) is 16.1 Å². The minimum absolute atomic E-state index is 0.375. The van der Waals surface area contributed by atoms with Gasteiger partial charge in [-0.05, 0) is 0 Å². The van der Waals surface area contributed by atoms with E-state index >= 15 is 0 Å². The maximum absolute atomic E-state index is 11.1. The van der Waals surface area contributed by atoms with E-state index in [4.69, 9.17) is 0 Å². The normalized spacial score (nSPS) is 10.9. The van der Waals surface area contributed by atoms with Crippen molar-refractivity contribution in [1.82, 2.24) is 0 Å². The first kappa shape index (κ1) is 19.6. The van der Waals surface area contributed by atoms with Crippen molar-refractivity contribution < 1.29 is 9.85 Å². The van der Waals surface area contributed by atoms with E-state index in [1.807, 2.05) is 39.3 Å². The molecule has 1 rings (SSSR count). The van der Waals surface area contributed by atoms with Crippen molar-refractivity contribution in [1.29, 1.82) is 0 Å². The van der Waals surface area contributed by atoms with Gasteiger partial charge in [-0.25, -0.2) is 0 Å². The smallest absolute Gasteiger partial charge is 0.258 e. The number of benzene rings is 1. The molecule has 0 bridgehead atoms. The van der Waals surface area contributed by atoms with E-state index < -0.39 is 37.4 Å². The molecule has 0 radical (unpaired) electrons. The van der Waals surface area contributed by atoms with Crippen LogP contribution in [0, 0.1) is 43.2 Å². The first-order chi connectivity index (χ1) is 10.8. The molecule has 0 spiro atoms. The summed E-state index contributed by atoms with van der Waals surface area (Å²) in [7, 11) is -3.41.